The van der Waals surface area contributed by atoms with E-state index in [0.29, 0.717) is 5.02 Å². The predicted octanol–water partition coefficient (Wildman–Crippen LogP) is 3.21. The summed E-state index contributed by atoms with van der Waals surface area (Å²) in [5, 5.41) is 0.657. The van der Waals surface area contributed by atoms with E-state index in [1.807, 2.05) is 14.0 Å². The van der Waals surface area contributed by atoms with Gasteiger partial charge in [-0.15, -0.1) is 0 Å². The lowest BCUT2D eigenvalue weighted by Crippen LogP contribution is -2.37. The summed E-state index contributed by atoms with van der Waals surface area (Å²) in [5.41, 5.74) is 0.720. The van der Waals surface area contributed by atoms with Crippen LogP contribution in [0.25, 0.3) is 0 Å². The Bertz CT molecular complexity index is 366. The molecule has 0 fully saturated rings. The van der Waals surface area contributed by atoms with Gasteiger partial charge in [-0.1, -0.05) is 11.6 Å². The summed E-state index contributed by atoms with van der Waals surface area (Å²) in [6, 6.07) is 6.98. The van der Waals surface area contributed by atoms with Crippen molar-refractivity contribution < 1.29 is 4.79 Å². The molecule has 1 aromatic rings. The molecule has 0 aliphatic rings. The number of nitrogens with zero attached hydrogens (tertiary/aromatic N) is 1. The van der Waals surface area contributed by atoms with Gasteiger partial charge in [-0.05, 0) is 44.5 Å². The number of benzene rings is 1. The van der Waals surface area contributed by atoms with Crippen LogP contribution in [0.5, 0.6) is 0 Å². The smallest absolute Gasteiger partial charge is 0.179 e. The van der Waals surface area contributed by atoms with Crippen molar-refractivity contribution in [2.45, 2.75) is 13.0 Å². The molecule has 0 heterocycles. The van der Waals surface area contributed by atoms with Crippen LogP contribution in [-0.4, -0.2) is 42.3 Å². The SMILES string of the molecule is CSCCN(C)C(C)C(=O)c1ccc(Cl)cc1. The molecule has 0 saturated carbocycles. The number of rotatable bonds is 6. The molecule has 0 spiro atoms. The first-order valence-corrected chi connectivity index (χ1v) is 7.32. The molecule has 0 aliphatic heterocycles. The van der Waals surface area contributed by atoms with Crippen LogP contribution in [-0.2, 0) is 0 Å². The van der Waals surface area contributed by atoms with Crippen LogP contribution >= 0.6 is 23.4 Å². The molecular weight excluding hydrogens is 254 g/mol. The average molecular weight is 272 g/mol. The summed E-state index contributed by atoms with van der Waals surface area (Å²) in [6.07, 6.45) is 2.07. The molecule has 17 heavy (non-hydrogen) atoms. The highest BCUT2D eigenvalue weighted by Gasteiger charge is 2.18. The maximum atomic E-state index is 12.2. The summed E-state index contributed by atoms with van der Waals surface area (Å²) in [6.45, 7) is 2.86. The van der Waals surface area contributed by atoms with E-state index in [1.54, 1.807) is 36.0 Å². The van der Waals surface area contributed by atoms with Gasteiger partial charge in [0.2, 0.25) is 0 Å². The standard InChI is InChI=1S/C13H18ClNOS/c1-10(15(2)8-9-17-3)13(16)11-4-6-12(14)7-5-11/h4-7,10H,8-9H2,1-3H3. The fourth-order valence-electron chi connectivity index (χ4n) is 1.48. The first-order valence-electron chi connectivity index (χ1n) is 5.55. The van der Waals surface area contributed by atoms with Crippen molar-refractivity contribution in [1.82, 2.24) is 4.90 Å². The largest absolute Gasteiger partial charge is 0.296 e. The van der Waals surface area contributed by atoms with E-state index in [1.165, 1.54) is 0 Å². The van der Waals surface area contributed by atoms with Gasteiger partial charge in [0.1, 0.15) is 0 Å². The molecule has 94 valence electrons. The number of ketones is 1. The first-order chi connectivity index (χ1) is 8.06. The van der Waals surface area contributed by atoms with E-state index >= 15 is 0 Å². The maximum absolute atomic E-state index is 12.2. The van der Waals surface area contributed by atoms with Crippen molar-refractivity contribution in [3.8, 4) is 0 Å². The summed E-state index contributed by atoms with van der Waals surface area (Å²) >= 11 is 7.59. The van der Waals surface area contributed by atoms with Crippen molar-refractivity contribution >= 4 is 29.1 Å². The van der Waals surface area contributed by atoms with Crippen molar-refractivity contribution in [3.63, 3.8) is 0 Å². The summed E-state index contributed by atoms with van der Waals surface area (Å²) in [5.74, 6) is 1.18. The zero-order chi connectivity index (χ0) is 12.8. The lowest BCUT2D eigenvalue weighted by molar-refractivity contribution is 0.0875. The third-order valence-corrected chi connectivity index (χ3v) is 3.66. The van der Waals surface area contributed by atoms with Crippen molar-refractivity contribution in [2.75, 3.05) is 25.6 Å². The second-order valence-corrected chi connectivity index (χ2v) is 5.44. The average Bonchev–Trinajstić information content (AvgIpc) is 2.35. The predicted molar refractivity (Wildman–Crippen MR) is 76.3 cm³/mol. The molecule has 0 bridgehead atoms. The molecule has 1 rings (SSSR count). The number of Topliss-reactive ketones (excluding diaryl/α,β-unsaturated/α-hetero) is 1. The van der Waals surface area contributed by atoms with Crippen LogP contribution in [0.2, 0.25) is 5.02 Å². The summed E-state index contributed by atoms with van der Waals surface area (Å²) < 4.78 is 0. The topological polar surface area (TPSA) is 20.3 Å². The molecule has 0 amide bonds. The molecule has 4 heteroatoms. The molecular formula is C13H18ClNOS. The molecule has 0 aliphatic carbocycles. The number of likely N-dealkylation sites (N-methyl/N-ethyl adjacent to an activating group) is 1. The molecule has 0 saturated heterocycles. The number of carbonyl (C=O) groups is 1. The molecule has 1 unspecified atom stereocenters. The van der Waals surface area contributed by atoms with Crippen molar-refractivity contribution in [2.24, 2.45) is 0 Å². The van der Waals surface area contributed by atoms with Gasteiger partial charge >= 0.3 is 0 Å². The van der Waals surface area contributed by atoms with Gasteiger partial charge in [0.25, 0.3) is 0 Å². The minimum atomic E-state index is -0.0941. The Kier molecular flexibility index (Phi) is 6.03. The van der Waals surface area contributed by atoms with Crippen LogP contribution in [0, 0.1) is 0 Å². The molecule has 0 N–H and O–H groups in total. The Morgan fingerprint density at radius 1 is 1.41 bits per heavy atom. The van der Waals surface area contributed by atoms with E-state index in [4.69, 9.17) is 11.6 Å². The Morgan fingerprint density at radius 3 is 2.53 bits per heavy atom. The third kappa shape index (κ3) is 4.34. The highest BCUT2D eigenvalue weighted by atomic mass is 35.5. The second kappa shape index (κ2) is 7.04. The number of carbonyl (C=O) groups excluding carboxylic acids is 1. The Labute approximate surface area is 112 Å². The summed E-state index contributed by atoms with van der Waals surface area (Å²) in [7, 11) is 1.98. The van der Waals surface area contributed by atoms with Gasteiger partial charge in [-0.25, -0.2) is 0 Å². The van der Waals surface area contributed by atoms with E-state index in [9.17, 15) is 4.79 Å². The normalized spacial score (nSPS) is 12.8. The fraction of sp³-hybridized carbons (Fsp3) is 0.462. The van der Waals surface area contributed by atoms with Gasteiger partial charge < -0.3 is 0 Å². The fourth-order valence-corrected chi connectivity index (χ4v) is 2.08. The van der Waals surface area contributed by atoms with Gasteiger partial charge in [0.15, 0.2) is 5.78 Å². The first kappa shape index (κ1) is 14.6. The van der Waals surface area contributed by atoms with Gasteiger partial charge in [0, 0.05) is 22.9 Å². The van der Waals surface area contributed by atoms with Crippen molar-refractivity contribution in [1.29, 1.82) is 0 Å². The minimum Gasteiger partial charge on any atom is -0.296 e. The molecule has 0 radical (unpaired) electrons. The number of hydrogen-bond acceptors (Lipinski definition) is 3. The lowest BCUT2D eigenvalue weighted by atomic mass is 10.0. The Morgan fingerprint density at radius 2 is 2.00 bits per heavy atom. The van der Waals surface area contributed by atoms with E-state index < -0.39 is 0 Å². The number of thioether (sulfide) groups is 1. The Hall–Kier alpha value is -0.510. The van der Waals surface area contributed by atoms with Crippen LogP contribution in [0.3, 0.4) is 0 Å². The van der Waals surface area contributed by atoms with Crippen LogP contribution in [0.15, 0.2) is 24.3 Å². The zero-order valence-electron chi connectivity index (χ0n) is 10.4. The van der Waals surface area contributed by atoms with E-state index in [-0.39, 0.29) is 11.8 Å². The molecule has 2 nitrogen and oxygen atoms in total. The van der Waals surface area contributed by atoms with Crippen LogP contribution in [0.1, 0.15) is 17.3 Å². The maximum Gasteiger partial charge on any atom is 0.179 e. The van der Waals surface area contributed by atoms with Gasteiger partial charge in [-0.2, -0.15) is 11.8 Å². The van der Waals surface area contributed by atoms with Crippen molar-refractivity contribution in [3.05, 3.63) is 34.9 Å². The number of halogens is 1. The summed E-state index contributed by atoms with van der Waals surface area (Å²) in [4.78, 5) is 14.2. The van der Waals surface area contributed by atoms with E-state index in [0.717, 1.165) is 17.9 Å². The minimum absolute atomic E-state index is 0.0941. The highest BCUT2D eigenvalue weighted by Crippen LogP contribution is 2.13. The van der Waals surface area contributed by atoms with E-state index in [2.05, 4.69) is 11.2 Å². The zero-order valence-corrected chi connectivity index (χ0v) is 12.0. The molecule has 1 aromatic carbocycles. The van der Waals surface area contributed by atoms with Crippen LogP contribution in [0.4, 0.5) is 0 Å². The molecule has 1 atom stereocenters. The molecule has 0 aromatic heterocycles. The van der Waals surface area contributed by atoms with Crippen LogP contribution < -0.4 is 0 Å². The van der Waals surface area contributed by atoms with Gasteiger partial charge in [-0.3, -0.25) is 9.69 Å². The Balaban J connectivity index is 2.65. The third-order valence-electron chi connectivity index (χ3n) is 2.82. The quantitative estimate of drug-likeness (QED) is 0.741. The highest BCUT2D eigenvalue weighted by molar-refractivity contribution is 7.98. The number of hydrogen-bond donors (Lipinski definition) is 0. The monoisotopic (exact) mass is 271 g/mol. The lowest BCUT2D eigenvalue weighted by Gasteiger charge is -2.23. The van der Waals surface area contributed by atoms with Gasteiger partial charge in [0.05, 0.1) is 6.04 Å². The second-order valence-electron chi connectivity index (χ2n) is 4.02.